The molecule has 3 rings (SSSR count). The smallest absolute Gasteiger partial charge is 0.275 e. The van der Waals surface area contributed by atoms with Crippen LogP contribution < -0.4 is 20.1 Å². The topological polar surface area (TPSA) is 85.4 Å². The monoisotopic (exact) mass is 378 g/mol. The Morgan fingerprint density at radius 1 is 0.857 bits per heavy atom. The fraction of sp³-hybridized carbons (Fsp3) is 0.190. The van der Waals surface area contributed by atoms with Gasteiger partial charge in [0.05, 0.1) is 26.6 Å². The summed E-state index contributed by atoms with van der Waals surface area (Å²) in [6.07, 6.45) is 2.96. The van der Waals surface area contributed by atoms with Gasteiger partial charge in [-0.05, 0) is 49.2 Å². The van der Waals surface area contributed by atoms with Crippen molar-refractivity contribution in [2.24, 2.45) is 0 Å². The number of rotatable bonds is 6. The Bertz CT molecular complexity index is 967. The van der Waals surface area contributed by atoms with E-state index in [0.717, 1.165) is 16.8 Å². The van der Waals surface area contributed by atoms with Gasteiger partial charge in [0.2, 0.25) is 0 Å². The van der Waals surface area contributed by atoms with Gasteiger partial charge in [-0.15, -0.1) is 0 Å². The average Bonchev–Trinajstić information content (AvgIpc) is 2.67. The molecule has 1 amide bonds. The molecule has 1 heterocycles. The average molecular weight is 378 g/mol. The standard InChI is InChI=1S/C21H22N4O3/c1-13-7-14(2)9-16(8-13)24-20-12-22-17(11-23-20)21(26)25-15-5-6-18(27-3)19(10-15)28-4/h5-12H,1-4H3,(H,23,24)(H,25,26). The zero-order chi connectivity index (χ0) is 20.1. The van der Waals surface area contributed by atoms with Crippen LogP contribution in [0.15, 0.2) is 48.8 Å². The number of carbonyl (C=O) groups excluding carboxylic acids is 1. The number of benzene rings is 2. The van der Waals surface area contributed by atoms with Crippen molar-refractivity contribution < 1.29 is 14.3 Å². The quantitative estimate of drug-likeness (QED) is 0.671. The molecule has 0 radical (unpaired) electrons. The molecular weight excluding hydrogens is 356 g/mol. The number of aryl methyl sites for hydroxylation is 2. The van der Waals surface area contributed by atoms with Crippen LogP contribution >= 0.6 is 0 Å². The minimum Gasteiger partial charge on any atom is -0.493 e. The van der Waals surface area contributed by atoms with Crippen LogP contribution in [0.4, 0.5) is 17.2 Å². The predicted molar refractivity (Wildman–Crippen MR) is 109 cm³/mol. The van der Waals surface area contributed by atoms with E-state index < -0.39 is 0 Å². The molecule has 2 N–H and O–H groups in total. The van der Waals surface area contributed by atoms with Gasteiger partial charge >= 0.3 is 0 Å². The summed E-state index contributed by atoms with van der Waals surface area (Å²) in [5.41, 5.74) is 4.01. The first-order valence-electron chi connectivity index (χ1n) is 8.69. The van der Waals surface area contributed by atoms with Gasteiger partial charge in [0.25, 0.3) is 5.91 Å². The number of anilines is 3. The molecule has 3 aromatic rings. The molecule has 7 nitrogen and oxygen atoms in total. The second-order valence-electron chi connectivity index (χ2n) is 6.31. The second kappa shape index (κ2) is 8.39. The third kappa shape index (κ3) is 4.56. The van der Waals surface area contributed by atoms with Gasteiger partial charge in [-0.25, -0.2) is 9.97 Å². The zero-order valence-corrected chi connectivity index (χ0v) is 16.2. The lowest BCUT2D eigenvalue weighted by Gasteiger charge is -2.11. The number of nitrogens with zero attached hydrogens (tertiary/aromatic N) is 2. The van der Waals surface area contributed by atoms with E-state index in [-0.39, 0.29) is 11.6 Å². The van der Waals surface area contributed by atoms with E-state index in [1.807, 2.05) is 26.0 Å². The molecule has 0 aliphatic heterocycles. The zero-order valence-electron chi connectivity index (χ0n) is 16.2. The first-order valence-corrected chi connectivity index (χ1v) is 8.69. The molecule has 144 valence electrons. The first kappa shape index (κ1) is 19.2. The summed E-state index contributed by atoms with van der Waals surface area (Å²) in [7, 11) is 3.09. The molecule has 0 saturated carbocycles. The lowest BCUT2D eigenvalue weighted by atomic mass is 10.1. The van der Waals surface area contributed by atoms with Gasteiger partial charge in [0, 0.05) is 17.4 Å². The lowest BCUT2D eigenvalue weighted by Crippen LogP contribution is -2.14. The van der Waals surface area contributed by atoms with E-state index in [1.165, 1.54) is 19.5 Å². The van der Waals surface area contributed by atoms with Crippen LogP contribution in [-0.2, 0) is 0 Å². The number of nitrogens with one attached hydrogen (secondary N) is 2. The summed E-state index contributed by atoms with van der Waals surface area (Å²) in [5.74, 6) is 1.31. The number of hydrogen-bond donors (Lipinski definition) is 2. The summed E-state index contributed by atoms with van der Waals surface area (Å²) in [6.45, 7) is 4.07. The van der Waals surface area contributed by atoms with E-state index in [2.05, 4.69) is 26.7 Å². The molecule has 28 heavy (non-hydrogen) atoms. The maximum absolute atomic E-state index is 12.4. The number of amides is 1. The number of carbonyl (C=O) groups is 1. The summed E-state index contributed by atoms with van der Waals surface area (Å²) < 4.78 is 10.4. The Morgan fingerprint density at radius 3 is 2.18 bits per heavy atom. The Balaban J connectivity index is 1.70. The van der Waals surface area contributed by atoms with E-state index in [9.17, 15) is 4.79 Å². The maximum atomic E-state index is 12.4. The fourth-order valence-corrected chi connectivity index (χ4v) is 2.81. The highest BCUT2D eigenvalue weighted by atomic mass is 16.5. The van der Waals surface area contributed by atoms with Crippen molar-refractivity contribution in [3.8, 4) is 11.5 Å². The molecule has 0 atom stereocenters. The highest BCUT2D eigenvalue weighted by Gasteiger charge is 2.11. The van der Waals surface area contributed by atoms with E-state index >= 15 is 0 Å². The number of aromatic nitrogens is 2. The molecule has 0 aliphatic carbocycles. The first-order chi connectivity index (χ1) is 13.5. The number of ether oxygens (including phenoxy) is 2. The van der Waals surface area contributed by atoms with Crippen molar-refractivity contribution in [1.29, 1.82) is 0 Å². The van der Waals surface area contributed by atoms with Gasteiger partial charge in [-0.2, -0.15) is 0 Å². The van der Waals surface area contributed by atoms with Crippen molar-refractivity contribution in [3.05, 3.63) is 65.6 Å². The van der Waals surface area contributed by atoms with Crippen molar-refractivity contribution in [3.63, 3.8) is 0 Å². The van der Waals surface area contributed by atoms with Gasteiger partial charge < -0.3 is 20.1 Å². The highest BCUT2D eigenvalue weighted by molar-refractivity contribution is 6.02. The molecule has 0 aliphatic rings. The Labute approximate surface area is 163 Å². The normalized spacial score (nSPS) is 10.3. The Kier molecular flexibility index (Phi) is 5.74. The molecule has 7 heteroatoms. The van der Waals surface area contributed by atoms with E-state index in [0.29, 0.717) is 23.0 Å². The number of methoxy groups -OCH3 is 2. The highest BCUT2D eigenvalue weighted by Crippen LogP contribution is 2.29. The summed E-state index contributed by atoms with van der Waals surface area (Å²) in [4.78, 5) is 20.9. The van der Waals surface area contributed by atoms with Crippen LogP contribution in [0, 0.1) is 13.8 Å². The molecule has 0 fully saturated rings. The molecule has 2 aromatic carbocycles. The van der Waals surface area contributed by atoms with Crippen LogP contribution in [0.25, 0.3) is 0 Å². The van der Waals surface area contributed by atoms with Crippen molar-refractivity contribution >= 4 is 23.1 Å². The summed E-state index contributed by atoms with van der Waals surface area (Å²) in [6, 6.07) is 11.3. The van der Waals surface area contributed by atoms with Crippen LogP contribution in [-0.4, -0.2) is 30.1 Å². The van der Waals surface area contributed by atoms with Gasteiger partial charge in [0.15, 0.2) is 11.5 Å². The van der Waals surface area contributed by atoms with E-state index in [1.54, 1.807) is 25.3 Å². The molecule has 0 unspecified atom stereocenters. The number of hydrogen-bond acceptors (Lipinski definition) is 6. The molecular formula is C21H22N4O3. The Morgan fingerprint density at radius 2 is 1.57 bits per heavy atom. The minimum atomic E-state index is -0.363. The van der Waals surface area contributed by atoms with Crippen molar-refractivity contribution in [1.82, 2.24) is 9.97 Å². The predicted octanol–water partition coefficient (Wildman–Crippen LogP) is 4.11. The Hall–Kier alpha value is -3.61. The van der Waals surface area contributed by atoms with Crippen LogP contribution in [0.1, 0.15) is 21.6 Å². The van der Waals surface area contributed by atoms with E-state index in [4.69, 9.17) is 9.47 Å². The fourth-order valence-electron chi connectivity index (χ4n) is 2.81. The maximum Gasteiger partial charge on any atom is 0.275 e. The summed E-state index contributed by atoms with van der Waals surface area (Å²) >= 11 is 0. The molecule has 0 spiro atoms. The minimum absolute atomic E-state index is 0.209. The molecule has 0 saturated heterocycles. The van der Waals surface area contributed by atoms with Gasteiger partial charge in [-0.1, -0.05) is 6.07 Å². The summed E-state index contributed by atoms with van der Waals surface area (Å²) in [5, 5.41) is 5.96. The lowest BCUT2D eigenvalue weighted by molar-refractivity contribution is 0.102. The second-order valence-corrected chi connectivity index (χ2v) is 6.31. The van der Waals surface area contributed by atoms with Crippen LogP contribution in [0.2, 0.25) is 0 Å². The third-order valence-corrected chi connectivity index (χ3v) is 4.02. The van der Waals surface area contributed by atoms with Gasteiger partial charge in [0.1, 0.15) is 11.5 Å². The van der Waals surface area contributed by atoms with Crippen LogP contribution in [0.3, 0.4) is 0 Å². The third-order valence-electron chi connectivity index (χ3n) is 4.02. The van der Waals surface area contributed by atoms with Crippen LogP contribution in [0.5, 0.6) is 11.5 Å². The molecule has 0 bridgehead atoms. The SMILES string of the molecule is COc1ccc(NC(=O)c2cnc(Nc3cc(C)cc(C)c3)cn2)cc1OC. The van der Waals surface area contributed by atoms with Gasteiger partial charge in [-0.3, -0.25) is 4.79 Å². The van der Waals surface area contributed by atoms with Crippen molar-refractivity contribution in [2.45, 2.75) is 13.8 Å². The molecule has 1 aromatic heterocycles. The largest absolute Gasteiger partial charge is 0.493 e. The van der Waals surface area contributed by atoms with Crippen molar-refractivity contribution in [2.75, 3.05) is 24.9 Å².